The molecular weight excluding hydrogens is 324 g/mol. The van der Waals surface area contributed by atoms with Gasteiger partial charge in [-0.05, 0) is 30.2 Å². The van der Waals surface area contributed by atoms with Gasteiger partial charge in [-0.15, -0.1) is 0 Å². The van der Waals surface area contributed by atoms with Crippen LogP contribution in [0.2, 0.25) is 0 Å². The number of rotatable bonds is 7. The molecule has 0 aliphatic heterocycles. The third kappa shape index (κ3) is 5.62. The van der Waals surface area contributed by atoms with Crippen LogP contribution in [0.3, 0.4) is 0 Å². The second-order valence-electron chi connectivity index (χ2n) is 6.86. The van der Waals surface area contributed by atoms with Crippen LogP contribution in [0.1, 0.15) is 42.3 Å². The number of hydrogen-bond acceptors (Lipinski definition) is 2. The molecule has 0 aromatic heterocycles. The van der Waals surface area contributed by atoms with Crippen LogP contribution in [0.4, 0.5) is 0 Å². The fourth-order valence-corrected chi connectivity index (χ4v) is 2.58. The number of carbonyl (C=O) groups is 1. The normalized spacial score (nSPS) is 11.9. The zero-order valence-electron chi connectivity index (χ0n) is 15.8. The van der Waals surface area contributed by atoms with Gasteiger partial charge in [0.05, 0.1) is 6.54 Å². The average Bonchev–Trinajstić information content (AvgIpc) is 2.65. The van der Waals surface area contributed by atoms with Crippen LogP contribution in [-0.2, 0) is 12.0 Å². The minimum absolute atomic E-state index is 0.0133. The van der Waals surface area contributed by atoms with E-state index in [4.69, 9.17) is 5.73 Å². The van der Waals surface area contributed by atoms with E-state index < -0.39 is 5.91 Å². The van der Waals surface area contributed by atoms with Crippen molar-refractivity contribution in [3.05, 3.63) is 71.3 Å². The molecule has 0 spiro atoms. The molecule has 0 saturated heterocycles. The zero-order chi connectivity index (χ0) is 19.0. The molecule has 2 aromatic carbocycles. The summed E-state index contributed by atoms with van der Waals surface area (Å²) in [6.07, 6.45) is 0. The van der Waals surface area contributed by atoms with Crippen LogP contribution in [0.25, 0.3) is 0 Å². The van der Waals surface area contributed by atoms with E-state index in [1.54, 1.807) is 12.1 Å². The predicted octanol–water partition coefficient (Wildman–Crippen LogP) is 2.82. The van der Waals surface area contributed by atoms with E-state index in [9.17, 15) is 4.79 Å². The molecule has 1 amide bonds. The topological polar surface area (TPSA) is 79.5 Å². The summed E-state index contributed by atoms with van der Waals surface area (Å²) in [6, 6.07) is 17.7. The number of guanidine groups is 1. The molecule has 5 heteroatoms. The van der Waals surface area contributed by atoms with Gasteiger partial charge in [-0.3, -0.25) is 4.79 Å². The second kappa shape index (κ2) is 9.04. The summed E-state index contributed by atoms with van der Waals surface area (Å²) in [5, 5.41) is 6.70. The van der Waals surface area contributed by atoms with Gasteiger partial charge in [-0.25, -0.2) is 4.99 Å². The Kier molecular flexibility index (Phi) is 6.78. The molecule has 0 aliphatic rings. The molecule has 5 nitrogen and oxygen atoms in total. The smallest absolute Gasteiger partial charge is 0.248 e. The number of benzene rings is 2. The van der Waals surface area contributed by atoms with E-state index in [1.807, 2.05) is 25.1 Å². The average molecular weight is 352 g/mol. The summed E-state index contributed by atoms with van der Waals surface area (Å²) in [5.41, 5.74) is 8.07. The van der Waals surface area contributed by atoms with Crippen LogP contribution in [0.5, 0.6) is 0 Å². The lowest BCUT2D eigenvalue weighted by Gasteiger charge is -2.26. The first-order valence-corrected chi connectivity index (χ1v) is 8.89. The van der Waals surface area contributed by atoms with E-state index in [0.717, 1.165) is 24.6 Å². The minimum Gasteiger partial charge on any atom is -0.366 e. The number of nitrogens with zero attached hydrogens (tertiary/aromatic N) is 1. The van der Waals surface area contributed by atoms with Gasteiger partial charge in [0, 0.05) is 24.1 Å². The Labute approximate surface area is 155 Å². The molecule has 0 aliphatic carbocycles. The standard InChI is InChI=1S/C21H28N4O/c1-4-23-20(24-14-16-10-12-17(13-11-16)19(22)26)25-15-21(2,3)18-8-6-5-7-9-18/h5-13H,4,14-15H2,1-3H3,(H2,22,26)(H2,23,24,25). The molecule has 0 bridgehead atoms. The fraction of sp³-hybridized carbons (Fsp3) is 0.333. The molecule has 26 heavy (non-hydrogen) atoms. The zero-order valence-corrected chi connectivity index (χ0v) is 15.8. The highest BCUT2D eigenvalue weighted by molar-refractivity contribution is 5.92. The van der Waals surface area contributed by atoms with Crippen LogP contribution < -0.4 is 16.4 Å². The second-order valence-corrected chi connectivity index (χ2v) is 6.86. The van der Waals surface area contributed by atoms with Crippen LogP contribution in [0.15, 0.2) is 59.6 Å². The van der Waals surface area contributed by atoms with Crippen LogP contribution in [-0.4, -0.2) is 25.0 Å². The summed E-state index contributed by atoms with van der Waals surface area (Å²) in [6.45, 7) is 8.55. The number of amides is 1. The van der Waals surface area contributed by atoms with Gasteiger partial charge >= 0.3 is 0 Å². The Bertz CT molecular complexity index is 736. The van der Waals surface area contributed by atoms with Gasteiger partial charge in [-0.2, -0.15) is 0 Å². The lowest BCUT2D eigenvalue weighted by Crippen LogP contribution is -2.43. The van der Waals surface area contributed by atoms with E-state index in [0.29, 0.717) is 12.1 Å². The van der Waals surface area contributed by atoms with Gasteiger partial charge in [0.15, 0.2) is 5.96 Å². The van der Waals surface area contributed by atoms with Crippen LogP contribution >= 0.6 is 0 Å². The summed E-state index contributed by atoms with van der Waals surface area (Å²) in [4.78, 5) is 15.8. The molecule has 0 atom stereocenters. The Balaban J connectivity index is 2.01. The maximum absolute atomic E-state index is 11.1. The number of aliphatic imine (C=N–C) groups is 1. The van der Waals surface area contributed by atoms with Crippen molar-refractivity contribution >= 4 is 11.9 Å². The Hall–Kier alpha value is -2.82. The Morgan fingerprint density at radius 3 is 2.27 bits per heavy atom. The van der Waals surface area contributed by atoms with Crippen LogP contribution in [0, 0.1) is 0 Å². The highest BCUT2D eigenvalue weighted by atomic mass is 16.1. The predicted molar refractivity (Wildman–Crippen MR) is 107 cm³/mol. The molecule has 138 valence electrons. The van der Waals surface area contributed by atoms with Crippen molar-refractivity contribution < 1.29 is 4.79 Å². The SMILES string of the molecule is CCNC(=NCc1ccc(C(N)=O)cc1)NCC(C)(C)c1ccccc1. The van der Waals surface area contributed by atoms with Crippen molar-refractivity contribution in [1.29, 1.82) is 0 Å². The number of carbonyl (C=O) groups excluding carboxylic acids is 1. The molecule has 0 saturated carbocycles. The number of primary amides is 1. The summed E-state index contributed by atoms with van der Waals surface area (Å²) in [7, 11) is 0. The first-order chi connectivity index (χ1) is 12.4. The van der Waals surface area contributed by atoms with E-state index >= 15 is 0 Å². The summed E-state index contributed by atoms with van der Waals surface area (Å²) in [5.74, 6) is 0.355. The number of nitrogens with two attached hydrogens (primary N) is 1. The van der Waals surface area contributed by atoms with Gasteiger partial charge < -0.3 is 16.4 Å². The summed E-state index contributed by atoms with van der Waals surface area (Å²) >= 11 is 0. The molecular formula is C21H28N4O. The van der Waals surface area contributed by atoms with Crippen molar-refractivity contribution in [2.75, 3.05) is 13.1 Å². The Morgan fingerprint density at radius 1 is 1.04 bits per heavy atom. The van der Waals surface area contributed by atoms with Gasteiger partial charge in [0.2, 0.25) is 5.91 Å². The number of nitrogens with one attached hydrogen (secondary N) is 2. The monoisotopic (exact) mass is 352 g/mol. The highest BCUT2D eigenvalue weighted by Crippen LogP contribution is 2.21. The molecule has 4 N–H and O–H groups in total. The van der Waals surface area contributed by atoms with Crippen molar-refractivity contribution in [3.63, 3.8) is 0 Å². The molecule has 0 radical (unpaired) electrons. The van der Waals surface area contributed by atoms with Crippen molar-refractivity contribution in [1.82, 2.24) is 10.6 Å². The maximum atomic E-state index is 11.1. The third-order valence-electron chi connectivity index (χ3n) is 4.26. The highest BCUT2D eigenvalue weighted by Gasteiger charge is 2.20. The van der Waals surface area contributed by atoms with Crippen molar-refractivity contribution in [2.24, 2.45) is 10.7 Å². The van der Waals surface area contributed by atoms with Gasteiger partial charge in [-0.1, -0.05) is 56.3 Å². The largest absolute Gasteiger partial charge is 0.366 e. The number of hydrogen-bond donors (Lipinski definition) is 3. The van der Waals surface area contributed by atoms with Gasteiger partial charge in [0.1, 0.15) is 0 Å². The molecule has 2 rings (SSSR count). The third-order valence-corrected chi connectivity index (χ3v) is 4.26. The van der Waals surface area contributed by atoms with E-state index in [1.165, 1.54) is 5.56 Å². The summed E-state index contributed by atoms with van der Waals surface area (Å²) < 4.78 is 0. The molecule has 0 fully saturated rings. The lowest BCUT2D eigenvalue weighted by atomic mass is 9.85. The van der Waals surface area contributed by atoms with Gasteiger partial charge in [0.25, 0.3) is 0 Å². The van der Waals surface area contributed by atoms with Crippen molar-refractivity contribution in [3.8, 4) is 0 Å². The lowest BCUT2D eigenvalue weighted by molar-refractivity contribution is 0.100. The first-order valence-electron chi connectivity index (χ1n) is 8.89. The molecule has 0 heterocycles. The van der Waals surface area contributed by atoms with Crippen molar-refractivity contribution in [2.45, 2.75) is 32.7 Å². The first kappa shape index (κ1) is 19.5. The van der Waals surface area contributed by atoms with E-state index in [2.05, 4.69) is 53.7 Å². The Morgan fingerprint density at radius 2 is 1.69 bits per heavy atom. The minimum atomic E-state index is -0.418. The maximum Gasteiger partial charge on any atom is 0.248 e. The molecule has 0 unspecified atom stereocenters. The molecule has 2 aromatic rings. The quantitative estimate of drug-likeness (QED) is 0.529. The van der Waals surface area contributed by atoms with E-state index in [-0.39, 0.29) is 5.41 Å². The fourth-order valence-electron chi connectivity index (χ4n) is 2.58.